The van der Waals surface area contributed by atoms with Gasteiger partial charge >= 0.3 is 0 Å². The minimum atomic E-state index is -0.260. The van der Waals surface area contributed by atoms with Crippen molar-refractivity contribution in [2.24, 2.45) is 4.99 Å². The van der Waals surface area contributed by atoms with E-state index in [1.54, 1.807) is 17.8 Å². The molecule has 1 N–H and O–H groups in total. The molecule has 4 nitrogen and oxygen atoms in total. The number of fused-ring (bicyclic) bond motifs is 3. The highest BCUT2D eigenvalue weighted by Gasteiger charge is 2.46. The molecule has 6 heteroatoms. The van der Waals surface area contributed by atoms with Crippen LogP contribution in [0, 0.1) is 0 Å². The van der Waals surface area contributed by atoms with Crippen molar-refractivity contribution in [1.29, 1.82) is 0 Å². The molecule has 3 aromatic rings. The second-order valence-electron chi connectivity index (χ2n) is 7.73. The monoisotopic (exact) mass is 406 g/mol. The summed E-state index contributed by atoms with van der Waals surface area (Å²) in [5, 5.41) is 12.1. The number of thioether (sulfide) groups is 1. The fraction of sp³-hybridized carbons (Fsp3) is 0.273. The summed E-state index contributed by atoms with van der Waals surface area (Å²) in [5.41, 5.74) is 3.13. The standard InChI is InChI=1S/C22H18N2O2S2/c25-20-12-6-1-2-7-13(12)23-18(20)19-21(26)17-14-8-5-9-15(17)28-22(27)11-4-3-10-16(22)24(14)19/h1-2,5-9,16,26-27H,3-4,10-11H2. The van der Waals surface area contributed by atoms with Crippen molar-refractivity contribution in [1.82, 2.24) is 4.57 Å². The number of aromatic hydroxyl groups is 1. The lowest BCUT2D eigenvalue weighted by atomic mass is 9.93. The van der Waals surface area contributed by atoms with Crippen LogP contribution in [0.15, 0.2) is 52.4 Å². The molecule has 1 fully saturated rings. The van der Waals surface area contributed by atoms with Crippen molar-refractivity contribution < 1.29 is 9.90 Å². The first-order valence-corrected chi connectivity index (χ1v) is 10.8. The molecular formula is C22H18N2O2S2. The first kappa shape index (κ1) is 16.7. The molecule has 0 saturated heterocycles. The van der Waals surface area contributed by atoms with Gasteiger partial charge in [-0.3, -0.25) is 4.79 Å². The molecule has 1 saturated carbocycles. The summed E-state index contributed by atoms with van der Waals surface area (Å²) in [4.78, 5) is 18.8. The summed E-state index contributed by atoms with van der Waals surface area (Å²) in [6.07, 6.45) is 4.22. The Morgan fingerprint density at radius 3 is 2.89 bits per heavy atom. The maximum atomic E-state index is 13.2. The minimum absolute atomic E-state index is 0.0899. The van der Waals surface area contributed by atoms with Crippen LogP contribution >= 0.6 is 24.4 Å². The molecule has 0 amide bonds. The molecule has 2 aromatic carbocycles. The third-order valence-electron chi connectivity index (χ3n) is 6.17. The van der Waals surface area contributed by atoms with Crippen molar-refractivity contribution in [3.05, 3.63) is 53.7 Å². The molecule has 2 atom stereocenters. The van der Waals surface area contributed by atoms with Gasteiger partial charge in [-0.15, -0.1) is 11.8 Å². The molecule has 0 spiro atoms. The number of hydrogen-bond donors (Lipinski definition) is 2. The average Bonchev–Trinajstić information content (AvgIpc) is 3.15. The number of carbonyl (C=O) groups is 1. The Labute approximate surface area is 172 Å². The number of ketones is 1. The molecule has 1 aromatic heterocycles. The lowest BCUT2D eigenvalue weighted by Crippen LogP contribution is -2.35. The number of para-hydroxylation sites is 1. The molecule has 0 radical (unpaired) electrons. The van der Waals surface area contributed by atoms with Crippen molar-refractivity contribution in [3.63, 3.8) is 0 Å². The molecule has 3 heterocycles. The highest BCUT2D eigenvalue weighted by atomic mass is 32.2. The van der Waals surface area contributed by atoms with Crippen LogP contribution in [0.1, 0.15) is 47.8 Å². The number of aliphatic imine (C=N–C) groups is 1. The second kappa shape index (κ2) is 5.67. The second-order valence-corrected chi connectivity index (χ2v) is 10.2. The van der Waals surface area contributed by atoms with Crippen LogP contribution in [0.25, 0.3) is 10.9 Å². The predicted octanol–water partition coefficient (Wildman–Crippen LogP) is 5.51. The van der Waals surface area contributed by atoms with Gasteiger partial charge in [0, 0.05) is 10.5 Å². The molecule has 2 aliphatic heterocycles. The Balaban J connectivity index is 1.68. The molecule has 3 aliphatic rings. The summed E-state index contributed by atoms with van der Waals surface area (Å²) >= 11 is 6.89. The number of thiol groups is 1. The number of Topliss-reactive ketones (excluding diaryl/α,β-unsaturated/α-hetero) is 1. The van der Waals surface area contributed by atoms with E-state index in [0.29, 0.717) is 22.7 Å². The average molecular weight is 407 g/mol. The van der Waals surface area contributed by atoms with E-state index in [9.17, 15) is 9.90 Å². The third-order valence-corrected chi connectivity index (χ3v) is 8.35. The van der Waals surface area contributed by atoms with Gasteiger partial charge in [0.05, 0.1) is 26.7 Å². The summed E-state index contributed by atoms with van der Waals surface area (Å²) in [6.45, 7) is 0. The molecule has 6 rings (SSSR count). The van der Waals surface area contributed by atoms with E-state index in [0.717, 1.165) is 41.5 Å². The normalized spacial score (nSPS) is 25.5. The number of aromatic nitrogens is 1. The molecule has 28 heavy (non-hydrogen) atoms. The SMILES string of the molecule is O=C1C(c2c(O)c3c4cccc3n2C2CCCCC2(S)S4)=Nc2ccccc21. The summed E-state index contributed by atoms with van der Waals surface area (Å²) in [7, 11) is 0. The quantitative estimate of drug-likeness (QED) is 0.524. The van der Waals surface area contributed by atoms with E-state index in [2.05, 4.69) is 9.56 Å². The first-order chi connectivity index (χ1) is 13.6. The van der Waals surface area contributed by atoms with Crippen molar-refractivity contribution in [2.75, 3.05) is 0 Å². The lowest BCUT2D eigenvalue weighted by Gasteiger charge is -2.41. The zero-order valence-corrected chi connectivity index (χ0v) is 16.8. The van der Waals surface area contributed by atoms with Crippen LogP contribution in [-0.2, 0) is 0 Å². The summed E-state index contributed by atoms with van der Waals surface area (Å²) in [5.74, 6) is 0.0456. The van der Waals surface area contributed by atoms with Crippen LogP contribution in [0.2, 0.25) is 0 Å². The van der Waals surface area contributed by atoms with Crippen LogP contribution in [0.4, 0.5) is 5.69 Å². The zero-order valence-electron chi connectivity index (χ0n) is 15.1. The van der Waals surface area contributed by atoms with Gasteiger partial charge < -0.3 is 9.67 Å². The molecule has 140 valence electrons. The largest absolute Gasteiger partial charge is 0.505 e. The Morgan fingerprint density at radius 1 is 1.18 bits per heavy atom. The van der Waals surface area contributed by atoms with Crippen LogP contribution in [0.3, 0.4) is 0 Å². The van der Waals surface area contributed by atoms with Gasteiger partial charge in [-0.1, -0.05) is 31.0 Å². The molecule has 1 aliphatic carbocycles. The summed E-state index contributed by atoms with van der Waals surface area (Å²) in [6, 6.07) is 13.6. The molecule has 4 bridgehead atoms. The highest BCUT2D eigenvalue weighted by molar-refractivity contribution is 8.11. The number of nitrogens with zero attached hydrogens (tertiary/aromatic N) is 2. The molecular weight excluding hydrogens is 388 g/mol. The zero-order chi connectivity index (χ0) is 19.0. The van der Waals surface area contributed by atoms with Gasteiger partial charge in [0.25, 0.3) is 0 Å². The minimum Gasteiger partial charge on any atom is -0.505 e. The van der Waals surface area contributed by atoms with Gasteiger partial charge in [-0.25, -0.2) is 4.99 Å². The van der Waals surface area contributed by atoms with E-state index in [4.69, 9.17) is 12.6 Å². The number of benzene rings is 2. The van der Waals surface area contributed by atoms with Gasteiger partial charge in [0.2, 0.25) is 5.78 Å². The van der Waals surface area contributed by atoms with Gasteiger partial charge in [0.15, 0.2) is 5.75 Å². The lowest BCUT2D eigenvalue weighted by molar-refractivity contribution is 0.106. The Hall–Kier alpha value is -2.18. The van der Waals surface area contributed by atoms with E-state index in [1.807, 2.05) is 36.4 Å². The number of carbonyl (C=O) groups excluding carboxylic acids is 1. The third kappa shape index (κ3) is 2.05. The Bertz CT molecular complexity index is 1210. The van der Waals surface area contributed by atoms with Crippen molar-refractivity contribution >= 4 is 52.5 Å². The van der Waals surface area contributed by atoms with Crippen LogP contribution in [-0.4, -0.2) is 25.2 Å². The maximum Gasteiger partial charge on any atom is 0.215 e. The predicted molar refractivity (Wildman–Crippen MR) is 116 cm³/mol. The Morgan fingerprint density at radius 2 is 2.04 bits per heavy atom. The van der Waals surface area contributed by atoms with Crippen molar-refractivity contribution in [3.8, 4) is 5.75 Å². The number of rotatable bonds is 1. The van der Waals surface area contributed by atoms with Gasteiger partial charge in [-0.05, 0) is 37.1 Å². The fourth-order valence-corrected chi connectivity index (χ4v) is 7.05. The van der Waals surface area contributed by atoms with Crippen LogP contribution in [0.5, 0.6) is 5.75 Å². The van der Waals surface area contributed by atoms with Crippen molar-refractivity contribution in [2.45, 2.75) is 40.7 Å². The van der Waals surface area contributed by atoms with E-state index in [1.165, 1.54) is 0 Å². The van der Waals surface area contributed by atoms with Gasteiger partial charge in [0.1, 0.15) is 11.4 Å². The van der Waals surface area contributed by atoms with E-state index >= 15 is 0 Å². The van der Waals surface area contributed by atoms with E-state index < -0.39 is 0 Å². The van der Waals surface area contributed by atoms with E-state index in [-0.39, 0.29) is 21.7 Å². The highest BCUT2D eigenvalue weighted by Crippen LogP contribution is 2.59. The smallest absolute Gasteiger partial charge is 0.215 e. The summed E-state index contributed by atoms with van der Waals surface area (Å²) < 4.78 is 1.90. The molecule has 2 unspecified atom stereocenters. The Kier molecular flexibility index (Phi) is 3.39. The first-order valence-electron chi connectivity index (χ1n) is 9.58. The van der Waals surface area contributed by atoms with Crippen LogP contribution < -0.4 is 0 Å². The topological polar surface area (TPSA) is 54.6 Å². The van der Waals surface area contributed by atoms with Gasteiger partial charge in [-0.2, -0.15) is 12.6 Å². The maximum absolute atomic E-state index is 13.2. The number of hydrogen-bond acceptors (Lipinski definition) is 5. The fourth-order valence-electron chi connectivity index (χ4n) is 4.92.